The molecule has 0 saturated carbocycles. The summed E-state index contributed by atoms with van der Waals surface area (Å²) in [6.07, 6.45) is -7.08. The maximum atomic E-state index is 13.5. The third-order valence-electron chi connectivity index (χ3n) is 5.38. The van der Waals surface area contributed by atoms with E-state index in [-0.39, 0.29) is 11.8 Å². The first-order chi connectivity index (χ1) is 16.0. The second-order valence-electron chi connectivity index (χ2n) is 7.77. The molecule has 0 radical (unpaired) electrons. The topological polar surface area (TPSA) is 17.8 Å². The Morgan fingerprint density at radius 1 is 0.706 bits per heavy atom. The van der Waals surface area contributed by atoms with Crippen molar-refractivity contribution in [1.29, 1.82) is 0 Å². The summed E-state index contributed by atoms with van der Waals surface area (Å²) in [5.41, 5.74) is -0.700. The summed E-state index contributed by atoms with van der Waals surface area (Å²) in [6.45, 7) is 3.84. The lowest BCUT2D eigenvalue weighted by Crippen LogP contribution is -2.29. The van der Waals surface area contributed by atoms with E-state index < -0.39 is 31.4 Å². The molecule has 0 amide bonds. The van der Waals surface area contributed by atoms with Crippen molar-refractivity contribution in [2.24, 2.45) is 0 Å². The van der Waals surface area contributed by atoms with Gasteiger partial charge in [0.1, 0.15) is 5.57 Å². The first-order valence-corrected chi connectivity index (χ1v) is 11.6. The Morgan fingerprint density at radius 2 is 1.18 bits per heavy atom. The van der Waals surface area contributed by atoms with E-state index in [0.717, 1.165) is 33.9 Å². The Kier molecular flexibility index (Phi) is 6.30. The Morgan fingerprint density at radius 3 is 1.62 bits per heavy atom. The minimum atomic E-state index is -4.94. The fraction of sp³-hybridized carbons (Fsp3) is 0.160. The van der Waals surface area contributed by atoms with E-state index in [2.05, 4.69) is 4.98 Å². The molecule has 4 aromatic rings. The van der Waals surface area contributed by atoms with Crippen molar-refractivity contribution in [2.45, 2.75) is 26.2 Å². The van der Waals surface area contributed by atoms with Crippen molar-refractivity contribution in [3.05, 3.63) is 101 Å². The minimum absolute atomic E-state index is 0.131. The van der Waals surface area contributed by atoms with Crippen molar-refractivity contribution in [3.63, 3.8) is 0 Å². The van der Waals surface area contributed by atoms with Crippen LogP contribution in [0.1, 0.15) is 22.3 Å². The van der Waals surface area contributed by atoms with Gasteiger partial charge in [0.15, 0.2) is 0 Å². The number of aryl methyl sites for hydroxylation is 2. The molecule has 1 heterocycles. The van der Waals surface area contributed by atoms with Crippen molar-refractivity contribution in [2.75, 3.05) is 0 Å². The van der Waals surface area contributed by atoms with Crippen molar-refractivity contribution < 1.29 is 26.3 Å². The number of rotatable bonds is 4. The van der Waals surface area contributed by atoms with Crippen molar-refractivity contribution in [3.8, 4) is 5.69 Å². The molecule has 0 spiro atoms. The van der Waals surface area contributed by atoms with E-state index in [1.54, 1.807) is 0 Å². The standard InChI is InChI=1S/C25H19F6N2P/c1-16-7-3-5-9-21(16)34(22-10-6-4-8-17(22)2)23-32-11-12-33(23)20-14-18(24(26,27)28)13-19(15-20)25(29,30)31/h3-15H,1-2H3. The SMILES string of the molecule is Cc1ccccc1P(c1ccccc1C)c1nccn1-c1cc(C(F)(F)F)cc(C(F)(F)F)c1. The van der Waals surface area contributed by atoms with Gasteiger partial charge in [-0.1, -0.05) is 48.5 Å². The number of hydrogen-bond acceptors (Lipinski definition) is 1. The fourth-order valence-electron chi connectivity index (χ4n) is 3.71. The van der Waals surface area contributed by atoms with Gasteiger partial charge in [0, 0.05) is 26.0 Å². The van der Waals surface area contributed by atoms with E-state index in [1.807, 2.05) is 62.4 Å². The largest absolute Gasteiger partial charge is 0.416 e. The van der Waals surface area contributed by atoms with Gasteiger partial charge in [0.2, 0.25) is 0 Å². The number of imidazole rings is 1. The molecule has 0 fully saturated rings. The summed E-state index contributed by atoms with van der Waals surface area (Å²) in [4.78, 5) is 4.44. The Labute approximate surface area is 193 Å². The summed E-state index contributed by atoms with van der Waals surface area (Å²) >= 11 is 0. The average molecular weight is 492 g/mol. The molecule has 0 aliphatic heterocycles. The average Bonchev–Trinajstić information content (AvgIpc) is 3.24. The third kappa shape index (κ3) is 4.73. The number of halogens is 6. The van der Waals surface area contributed by atoms with E-state index >= 15 is 0 Å². The van der Waals surface area contributed by atoms with Gasteiger partial charge >= 0.3 is 12.4 Å². The van der Waals surface area contributed by atoms with Crippen LogP contribution in [0, 0.1) is 13.8 Å². The van der Waals surface area contributed by atoms with Crippen molar-refractivity contribution in [1.82, 2.24) is 9.55 Å². The Bertz CT molecular complexity index is 1250. The highest BCUT2D eigenvalue weighted by molar-refractivity contribution is 7.79. The Hall–Kier alpha value is -3.12. The zero-order valence-corrected chi connectivity index (χ0v) is 19.0. The highest BCUT2D eigenvalue weighted by atomic mass is 31.1. The van der Waals surface area contributed by atoms with Crippen LogP contribution in [0.5, 0.6) is 0 Å². The summed E-state index contributed by atoms with van der Waals surface area (Å²) in [7, 11) is -1.38. The second-order valence-corrected chi connectivity index (χ2v) is 9.80. The van der Waals surface area contributed by atoms with E-state index in [0.29, 0.717) is 5.57 Å². The van der Waals surface area contributed by atoms with Crippen LogP contribution in [0.25, 0.3) is 5.69 Å². The molecular formula is C25H19F6N2P. The Balaban J connectivity index is 1.98. The summed E-state index contributed by atoms with van der Waals surface area (Å²) in [6, 6.07) is 16.7. The number of nitrogens with zero attached hydrogens (tertiary/aromatic N) is 2. The lowest BCUT2D eigenvalue weighted by Gasteiger charge is -2.23. The van der Waals surface area contributed by atoms with Gasteiger partial charge in [-0.2, -0.15) is 26.3 Å². The lowest BCUT2D eigenvalue weighted by atomic mass is 10.1. The highest BCUT2D eigenvalue weighted by Gasteiger charge is 2.37. The molecule has 34 heavy (non-hydrogen) atoms. The lowest BCUT2D eigenvalue weighted by molar-refractivity contribution is -0.143. The molecule has 4 rings (SSSR count). The van der Waals surface area contributed by atoms with E-state index in [1.165, 1.54) is 17.0 Å². The van der Waals surface area contributed by atoms with Crippen LogP contribution in [0.15, 0.2) is 79.1 Å². The zero-order valence-electron chi connectivity index (χ0n) is 18.1. The maximum Gasteiger partial charge on any atom is 0.416 e. The van der Waals surface area contributed by atoms with E-state index in [4.69, 9.17) is 0 Å². The molecule has 0 aliphatic rings. The summed E-state index contributed by atoms with van der Waals surface area (Å²) in [5, 5.41) is 1.84. The number of benzene rings is 3. The highest BCUT2D eigenvalue weighted by Crippen LogP contribution is 2.39. The van der Waals surface area contributed by atoms with Crippen LogP contribution >= 0.6 is 7.92 Å². The third-order valence-corrected chi connectivity index (χ3v) is 8.08. The van der Waals surface area contributed by atoms with Gasteiger partial charge < -0.3 is 0 Å². The minimum Gasteiger partial charge on any atom is -0.300 e. The van der Waals surface area contributed by atoms with Gasteiger partial charge in [0.25, 0.3) is 0 Å². The monoisotopic (exact) mass is 492 g/mol. The van der Waals surface area contributed by atoms with Crippen LogP contribution in [0.3, 0.4) is 0 Å². The van der Waals surface area contributed by atoms with Crippen LogP contribution in [-0.4, -0.2) is 9.55 Å². The predicted octanol–water partition coefficient (Wildman–Crippen LogP) is 6.28. The first kappa shape index (κ1) is 24.0. The molecule has 0 unspecified atom stereocenters. The van der Waals surface area contributed by atoms with Crippen LogP contribution < -0.4 is 16.2 Å². The van der Waals surface area contributed by atoms with Crippen LogP contribution in [0.2, 0.25) is 0 Å². The molecule has 2 nitrogen and oxygen atoms in total. The number of aromatic nitrogens is 2. The molecule has 0 atom stereocenters. The van der Waals surface area contributed by atoms with Crippen LogP contribution in [-0.2, 0) is 12.4 Å². The molecule has 9 heteroatoms. The molecule has 176 valence electrons. The van der Waals surface area contributed by atoms with Gasteiger partial charge in [-0.15, -0.1) is 0 Å². The number of alkyl halides is 6. The quantitative estimate of drug-likeness (QED) is 0.242. The predicted molar refractivity (Wildman–Crippen MR) is 122 cm³/mol. The van der Waals surface area contributed by atoms with Crippen LogP contribution in [0.4, 0.5) is 26.3 Å². The smallest absolute Gasteiger partial charge is 0.300 e. The molecule has 0 aliphatic carbocycles. The van der Waals surface area contributed by atoms with Gasteiger partial charge in [-0.25, -0.2) is 4.98 Å². The maximum absolute atomic E-state index is 13.5. The molecular weight excluding hydrogens is 473 g/mol. The summed E-state index contributed by atoms with van der Waals surface area (Å²) < 4.78 is 82.2. The molecule has 0 N–H and O–H groups in total. The molecule has 1 aromatic heterocycles. The van der Waals surface area contributed by atoms with E-state index in [9.17, 15) is 26.3 Å². The zero-order chi connectivity index (χ0) is 24.7. The van der Waals surface area contributed by atoms with Gasteiger partial charge in [-0.3, -0.25) is 4.57 Å². The van der Waals surface area contributed by atoms with Gasteiger partial charge in [0.05, 0.1) is 11.1 Å². The fourth-order valence-corrected chi connectivity index (χ4v) is 6.31. The second kappa shape index (κ2) is 8.91. The summed E-state index contributed by atoms with van der Waals surface area (Å²) in [5.74, 6) is 0. The van der Waals surface area contributed by atoms with Crippen molar-refractivity contribution >= 4 is 24.1 Å². The molecule has 0 saturated heterocycles. The number of hydrogen-bond donors (Lipinski definition) is 0. The first-order valence-electron chi connectivity index (χ1n) is 10.2. The molecule has 3 aromatic carbocycles. The van der Waals surface area contributed by atoms with Gasteiger partial charge in [-0.05, 0) is 53.8 Å². The molecule has 0 bridgehead atoms. The normalized spacial score (nSPS) is 12.4.